The van der Waals surface area contributed by atoms with E-state index in [2.05, 4.69) is 16.0 Å². The maximum atomic E-state index is 14.8. The molecule has 4 aromatic carbocycles. The number of thiazole rings is 2. The van der Waals surface area contributed by atoms with Crippen molar-refractivity contribution in [3.05, 3.63) is 201 Å². The highest BCUT2D eigenvalue weighted by Crippen LogP contribution is 2.35. The Kier molecular flexibility index (Phi) is 13.7. The number of hydrogen-bond acceptors (Lipinski definition) is 10. The van der Waals surface area contributed by atoms with Crippen molar-refractivity contribution in [2.75, 3.05) is 7.11 Å². The van der Waals surface area contributed by atoms with Gasteiger partial charge in [-0.1, -0.05) is 47.5 Å². The van der Waals surface area contributed by atoms with Crippen LogP contribution in [0.1, 0.15) is 37.6 Å². The number of benzene rings is 4. The van der Waals surface area contributed by atoms with Gasteiger partial charge >= 0.3 is 11.1 Å². The van der Waals surface area contributed by atoms with Gasteiger partial charge in [-0.05, 0) is 134 Å². The summed E-state index contributed by atoms with van der Waals surface area (Å²) < 4.78 is 41.7. The quantitative estimate of drug-likeness (QED) is 0.130. The van der Waals surface area contributed by atoms with E-state index in [0.29, 0.717) is 48.2 Å². The third kappa shape index (κ3) is 9.54. The second-order valence-corrected chi connectivity index (χ2v) is 20.3. The van der Waals surface area contributed by atoms with Crippen LogP contribution in [0.2, 0.25) is 8.93 Å². The maximum Gasteiger partial charge on any atom is 0.349 e. The van der Waals surface area contributed by atoms with Crippen LogP contribution in [-0.4, -0.2) is 25.9 Å². The molecule has 0 saturated carbocycles. The summed E-state index contributed by atoms with van der Waals surface area (Å²) in [4.78, 5) is 36.9. The third-order valence-corrected chi connectivity index (χ3v) is 14.1. The van der Waals surface area contributed by atoms with E-state index < -0.39 is 34.5 Å². The molecule has 10 rings (SSSR count). The van der Waals surface area contributed by atoms with Crippen LogP contribution >= 0.6 is 45.9 Å². The zero-order chi connectivity index (χ0) is 51.1. The summed E-state index contributed by atoms with van der Waals surface area (Å²) in [7, 11) is 1.48. The standard InChI is InChI=1S/C27H18ClFN4O2S.C27H21ClFN3O3S/c1-15-5-6-21(22(29)8-15)18-9-17(12-30)10-19(11-18)23-25(34)32-7-3-4-16(2)24(32)33(26(23)35)14-20-13-31-27(28)36-20;1-15-6-7-21(22(29)9-15)17-10-18(12-19(11-17)35-3)23-25(33)31-8-4-5-16(2)24(31)32(26(23)34)14-20-13-30-27(28)36-20/h3-11,13H,14H2,1-2H3;4-13H,14H2,1-3H3. The molecule has 0 N–H and O–H groups in total. The Hall–Kier alpha value is -7.81. The van der Waals surface area contributed by atoms with E-state index >= 15 is 0 Å². The fourth-order valence-electron chi connectivity index (χ4n) is 8.65. The molecule has 0 unspecified atom stereocenters. The van der Waals surface area contributed by atoms with Crippen LogP contribution < -0.4 is 35.2 Å². The molecule has 0 atom stereocenters. The second kappa shape index (κ2) is 20.1. The highest BCUT2D eigenvalue weighted by Gasteiger charge is 2.26. The number of nitriles is 1. The molecule has 360 valence electrons. The van der Waals surface area contributed by atoms with E-state index in [1.54, 1.807) is 104 Å². The highest BCUT2D eigenvalue weighted by molar-refractivity contribution is 7.16. The normalized spacial score (nSPS) is 11.2. The molecule has 0 bridgehead atoms. The molecule has 6 heterocycles. The van der Waals surface area contributed by atoms with Gasteiger partial charge < -0.3 is 14.9 Å². The van der Waals surface area contributed by atoms with Gasteiger partial charge in [-0.15, -0.1) is 22.7 Å². The number of halogens is 4. The molecule has 0 aliphatic rings. The Balaban J connectivity index is 0.000000178. The first kappa shape index (κ1) is 49.2. The first-order valence-electron chi connectivity index (χ1n) is 22.0. The van der Waals surface area contributed by atoms with Crippen molar-refractivity contribution in [2.45, 2.75) is 40.8 Å². The van der Waals surface area contributed by atoms with Crippen LogP contribution in [0.4, 0.5) is 8.78 Å². The Morgan fingerprint density at radius 2 is 1.08 bits per heavy atom. The zero-order valence-electron chi connectivity index (χ0n) is 39.0. The molecule has 0 saturated heterocycles. The summed E-state index contributed by atoms with van der Waals surface area (Å²) in [5.41, 5.74) is 5.12. The van der Waals surface area contributed by atoms with Crippen LogP contribution in [-0.2, 0) is 13.1 Å². The number of rotatable bonds is 9. The van der Waals surface area contributed by atoms with Gasteiger partial charge in [-0.25, -0.2) is 37.5 Å². The number of aromatic nitrogens is 6. The molecule has 18 heteroatoms. The van der Waals surface area contributed by atoms with Crippen molar-refractivity contribution in [3.63, 3.8) is 0 Å². The molecular formula is C54H39Cl2F2N7O5S2. The minimum absolute atomic E-state index is 0.0404. The van der Waals surface area contributed by atoms with Crippen LogP contribution in [0.15, 0.2) is 131 Å². The van der Waals surface area contributed by atoms with Gasteiger partial charge in [0.1, 0.15) is 41.6 Å². The Labute approximate surface area is 428 Å². The molecule has 0 fully saturated rings. The molecule has 72 heavy (non-hydrogen) atoms. The average molecular weight is 1040 g/mol. The molecule has 0 aliphatic carbocycles. The molecule has 0 radical (unpaired) electrons. The summed E-state index contributed by atoms with van der Waals surface area (Å²) in [5.74, 6) is -1.45. The van der Waals surface area contributed by atoms with Crippen LogP contribution in [0.5, 0.6) is 17.5 Å². The number of fused-ring (bicyclic) bond motifs is 2. The summed E-state index contributed by atoms with van der Waals surface area (Å²) in [5, 5.41) is 37.4. The van der Waals surface area contributed by atoms with Gasteiger partial charge in [0.15, 0.2) is 8.93 Å². The van der Waals surface area contributed by atoms with Crippen molar-refractivity contribution in [1.82, 2.24) is 18.8 Å². The van der Waals surface area contributed by atoms with Gasteiger partial charge in [-0.3, -0.25) is 0 Å². The molecule has 0 spiro atoms. The monoisotopic (exact) mass is 1040 g/mol. The lowest BCUT2D eigenvalue weighted by atomic mass is 9.96. The van der Waals surface area contributed by atoms with Crippen LogP contribution in [0.25, 0.3) is 55.8 Å². The predicted molar refractivity (Wildman–Crippen MR) is 271 cm³/mol. The van der Waals surface area contributed by atoms with Crippen molar-refractivity contribution in [3.8, 4) is 68.1 Å². The van der Waals surface area contributed by atoms with Crippen molar-refractivity contribution < 1.29 is 32.9 Å². The van der Waals surface area contributed by atoms with E-state index in [-0.39, 0.29) is 40.9 Å². The molecule has 6 aromatic heterocycles. The number of methoxy groups -OCH3 is 1. The Morgan fingerprint density at radius 1 is 0.653 bits per heavy atom. The lowest BCUT2D eigenvalue weighted by molar-refractivity contribution is -0.708. The van der Waals surface area contributed by atoms with E-state index in [1.807, 2.05) is 26.0 Å². The smallest absolute Gasteiger partial charge is 0.349 e. The molecule has 0 amide bonds. The maximum absolute atomic E-state index is 14.8. The lowest BCUT2D eigenvalue weighted by Crippen LogP contribution is -2.44. The predicted octanol–water partition coefficient (Wildman–Crippen LogP) is 9.70. The number of hydrogen-bond donors (Lipinski definition) is 0. The summed E-state index contributed by atoms with van der Waals surface area (Å²) >= 11 is 14.5. The number of ether oxygens (including phenoxy) is 1. The highest BCUT2D eigenvalue weighted by atomic mass is 35.5. The summed E-state index contributed by atoms with van der Waals surface area (Å²) in [6.07, 6.45) is 6.43. The van der Waals surface area contributed by atoms with Crippen molar-refractivity contribution in [2.24, 2.45) is 0 Å². The van der Waals surface area contributed by atoms with Crippen molar-refractivity contribution in [1.29, 1.82) is 5.26 Å². The van der Waals surface area contributed by atoms with Gasteiger partial charge in [0, 0.05) is 34.6 Å². The average Bonchev–Trinajstić information content (AvgIpc) is 3.97. The second-order valence-electron chi connectivity index (χ2n) is 16.9. The minimum Gasteiger partial charge on any atom is -0.842 e. The first-order valence-corrected chi connectivity index (χ1v) is 24.4. The Bertz CT molecular complexity index is 3980. The summed E-state index contributed by atoms with van der Waals surface area (Å²) in [6, 6.07) is 28.4. The van der Waals surface area contributed by atoms with Gasteiger partial charge in [-0.2, -0.15) is 14.1 Å². The molecular weight excluding hydrogens is 1000 g/mol. The molecule has 12 nitrogen and oxygen atoms in total. The van der Waals surface area contributed by atoms with E-state index in [0.717, 1.165) is 32.0 Å². The van der Waals surface area contributed by atoms with Gasteiger partial charge in [0.05, 0.1) is 52.7 Å². The Morgan fingerprint density at radius 3 is 1.50 bits per heavy atom. The van der Waals surface area contributed by atoms with Gasteiger partial charge in [0.25, 0.3) is 11.3 Å². The molecule has 10 aromatic rings. The van der Waals surface area contributed by atoms with E-state index in [1.165, 1.54) is 67.4 Å². The lowest BCUT2D eigenvalue weighted by Gasteiger charge is -2.18. The largest absolute Gasteiger partial charge is 0.842 e. The summed E-state index contributed by atoms with van der Waals surface area (Å²) in [6.45, 7) is 7.59. The zero-order valence-corrected chi connectivity index (χ0v) is 42.1. The van der Waals surface area contributed by atoms with Crippen molar-refractivity contribution >= 4 is 57.2 Å². The van der Waals surface area contributed by atoms with Crippen LogP contribution in [0.3, 0.4) is 0 Å². The number of pyridine rings is 2. The number of nitrogens with zero attached hydrogens (tertiary/aromatic N) is 7. The van der Waals surface area contributed by atoms with Gasteiger partial charge in [0.2, 0.25) is 0 Å². The fraction of sp³-hybridized carbons (Fsp3) is 0.130. The molecule has 0 aliphatic heterocycles. The fourth-order valence-corrected chi connectivity index (χ4v) is 10.6. The van der Waals surface area contributed by atoms with E-state index in [4.69, 9.17) is 27.9 Å². The SMILES string of the molecule is COc1cc(-c2ccc(C)cc2F)cc(-c2c([O-])[n+](Cc3cnc(Cl)s3)c3c(C)cccn3c2=O)c1.Cc1ccc(-c2cc(C#N)cc(-c3c([O-])[n+](Cc4cnc(Cl)s4)c4c(C)cccn4c3=O)c2)c(F)c1. The number of aryl methyl sites for hydroxylation is 4. The topological polar surface area (TPSA) is 156 Å². The third-order valence-electron chi connectivity index (χ3n) is 12.0. The van der Waals surface area contributed by atoms with E-state index in [9.17, 15) is 33.8 Å². The minimum atomic E-state index is -0.525. The van der Waals surface area contributed by atoms with Crippen LogP contribution in [0, 0.1) is 50.7 Å². The first-order chi connectivity index (χ1) is 34.5.